The van der Waals surface area contributed by atoms with Gasteiger partial charge in [0.25, 0.3) is 0 Å². The summed E-state index contributed by atoms with van der Waals surface area (Å²) in [4.78, 5) is 0. The number of nitrogens with one attached hydrogen (secondary N) is 1. The molecule has 0 amide bonds. The van der Waals surface area contributed by atoms with E-state index in [1.165, 1.54) is 17.7 Å². The van der Waals surface area contributed by atoms with Crippen molar-refractivity contribution in [1.29, 1.82) is 0 Å². The first-order valence-electron chi connectivity index (χ1n) is 6.80. The van der Waals surface area contributed by atoms with Gasteiger partial charge in [-0.05, 0) is 43.6 Å². The second kappa shape index (κ2) is 7.06. The molecular formula is C15H23NO2S. The van der Waals surface area contributed by atoms with Crippen LogP contribution in [0.1, 0.15) is 31.4 Å². The lowest BCUT2D eigenvalue weighted by molar-refractivity contribution is 0.244. The molecule has 0 aromatic heterocycles. The van der Waals surface area contributed by atoms with Gasteiger partial charge in [-0.2, -0.15) is 11.8 Å². The van der Waals surface area contributed by atoms with Crippen molar-refractivity contribution in [3.05, 3.63) is 23.8 Å². The predicted molar refractivity (Wildman–Crippen MR) is 81.4 cm³/mol. The SMILES string of the molecule is COc1ccc2c(c1)C(NC(C)CCSC)CCO2. The van der Waals surface area contributed by atoms with Gasteiger partial charge in [0.05, 0.1) is 13.7 Å². The Morgan fingerprint density at radius 2 is 2.37 bits per heavy atom. The van der Waals surface area contributed by atoms with Crippen LogP contribution in [-0.2, 0) is 0 Å². The largest absolute Gasteiger partial charge is 0.497 e. The van der Waals surface area contributed by atoms with Gasteiger partial charge in [-0.25, -0.2) is 0 Å². The number of methoxy groups -OCH3 is 1. The topological polar surface area (TPSA) is 30.5 Å². The van der Waals surface area contributed by atoms with Crippen molar-refractivity contribution < 1.29 is 9.47 Å². The Morgan fingerprint density at radius 1 is 1.53 bits per heavy atom. The maximum atomic E-state index is 5.72. The molecule has 0 saturated carbocycles. The fourth-order valence-corrected chi connectivity index (χ4v) is 2.98. The quantitative estimate of drug-likeness (QED) is 0.867. The van der Waals surface area contributed by atoms with Gasteiger partial charge < -0.3 is 14.8 Å². The summed E-state index contributed by atoms with van der Waals surface area (Å²) in [7, 11) is 1.70. The number of rotatable bonds is 6. The first kappa shape index (κ1) is 14.5. The maximum absolute atomic E-state index is 5.72. The van der Waals surface area contributed by atoms with E-state index in [1.807, 2.05) is 23.9 Å². The lowest BCUT2D eigenvalue weighted by atomic mass is 9.99. The maximum Gasteiger partial charge on any atom is 0.124 e. The van der Waals surface area contributed by atoms with Crippen molar-refractivity contribution in [3.8, 4) is 11.5 Å². The standard InChI is InChI=1S/C15H23NO2S/c1-11(7-9-19-3)16-14-6-8-18-15-5-4-12(17-2)10-13(14)15/h4-5,10-11,14,16H,6-9H2,1-3H3. The van der Waals surface area contributed by atoms with Gasteiger partial charge in [0, 0.05) is 24.1 Å². The normalized spacial score (nSPS) is 19.4. The molecule has 1 aliphatic rings. The zero-order chi connectivity index (χ0) is 13.7. The van der Waals surface area contributed by atoms with Crippen LogP contribution in [0.2, 0.25) is 0 Å². The highest BCUT2D eigenvalue weighted by molar-refractivity contribution is 7.98. The van der Waals surface area contributed by atoms with Crippen LogP contribution in [0.25, 0.3) is 0 Å². The molecule has 0 aliphatic carbocycles. The zero-order valence-electron chi connectivity index (χ0n) is 11.9. The van der Waals surface area contributed by atoms with Gasteiger partial charge in [0.1, 0.15) is 11.5 Å². The van der Waals surface area contributed by atoms with Crippen LogP contribution in [0.15, 0.2) is 18.2 Å². The third-order valence-electron chi connectivity index (χ3n) is 3.50. The minimum Gasteiger partial charge on any atom is -0.497 e. The zero-order valence-corrected chi connectivity index (χ0v) is 12.8. The van der Waals surface area contributed by atoms with E-state index in [0.29, 0.717) is 12.1 Å². The third-order valence-corrected chi connectivity index (χ3v) is 4.14. The van der Waals surface area contributed by atoms with Crippen molar-refractivity contribution in [2.24, 2.45) is 0 Å². The number of hydrogen-bond acceptors (Lipinski definition) is 4. The molecule has 0 spiro atoms. The minimum absolute atomic E-state index is 0.371. The van der Waals surface area contributed by atoms with Gasteiger partial charge in [0.2, 0.25) is 0 Å². The van der Waals surface area contributed by atoms with Crippen molar-refractivity contribution in [2.45, 2.75) is 31.8 Å². The molecule has 3 nitrogen and oxygen atoms in total. The monoisotopic (exact) mass is 281 g/mol. The Balaban J connectivity index is 2.07. The first-order chi connectivity index (χ1) is 9.24. The Morgan fingerprint density at radius 3 is 3.11 bits per heavy atom. The summed E-state index contributed by atoms with van der Waals surface area (Å²) >= 11 is 1.90. The average molecular weight is 281 g/mol. The van der Waals surface area contributed by atoms with Gasteiger partial charge in [-0.3, -0.25) is 0 Å². The molecule has 0 saturated heterocycles. The van der Waals surface area contributed by atoms with Crippen LogP contribution < -0.4 is 14.8 Å². The molecule has 1 heterocycles. The Bertz CT molecular complexity index is 411. The summed E-state index contributed by atoms with van der Waals surface area (Å²) in [5.74, 6) is 3.08. The smallest absolute Gasteiger partial charge is 0.124 e. The van der Waals surface area contributed by atoms with Crippen molar-refractivity contribution >= 4 is 11.8 Å². The van der Waals surface area contributed by atoms with Gasteiger partial charge in [-0.15, -0.1) is 0 Å². The lowest BCUT2D eigenvalue weighted by Crippen LogP contribution is -2.34. The molecule has 2 unspecified atom stereocenters. The van der Waals surface area contributed by atoms with E-state index < -0.39 is 0 Å². The third kappa shape index (κ3) is 3.80. The lowest BCUT2D eigenvalue weighted by Gasteiger charge is -2.29. The Kier molecular flexibility index (Phi) is 5.40. The number of ether oxygens (including phenoxy) is 2. The van der Waals surface area contributed by atoms with Crippen LogP contribution in [0.5, 0.6) is 11.5 Å². The molecule has 106 valence electrons. The van der Waals surface area contributed by atoms with Crippen molar-refractivity contribution in [1.82, 2.24) is 5.32 Å². The molecular weight excluding hydrogens is 258 g/mol. The van der Waals surface area contributed by atoms with Gasteiger partial charge in [0.15, 0.2) is 0 Å². The van der Waals surface area contributed by atoms with Crippen LogP contribution in [0, 0.1) is 0 Å². The second-order valence-corrected chi connectivity index (χ2v) is 5.93. The Labute approximate surface area is 120 Å². The summed E-state index contributed by atoms with van der Waals surface area (Å²) in [5, 5.41) is 3.71. The van der Waals surface area contributed by atoms with E-state index in [-0.39, 0.29) is 0 Å². The van der Waals surface area contributed by atoms with Crippen LogP contribution in [-0.4, -0.2) is 31.8 Å². The van der Waals surface area contributed by atoms with E-state index >= 15 is 0 Å². The molecule has 1 aromatic carbocycles. The number of fused-ring (bicyclic) bond motifs is 1. The van der Waals surface area contributed by atoms with E-state index in [9.17, 15) is 0 Å². The summed E-state index contributed by atoms with van der Waals surface area (Å²) in [6, 6.07) is 6.95. The molecule has 0 radical (unpaired) electrons. The summed E-state index contributed by atoms with van der Waals surface area (Å²) in [6.07, 6.45) is 4.36. The summed E-state index contributed by atoms with van der Waals surface area (Å²) < 4.78 is 11.0. The van der Waals surface area contributed by atoms with Crippen molar-refractivity contribution in [2.75, 3.05) is 25.7 Å². The number of thioether (sulfide) groups is 1. The minimum atomic E-state index is 0.371. The van der Waals surface area contributed by atoms with Crippen LogP contribution in [0.4, 0.5) is 0 Å². The summed E-state index contributed by atoms with van der Waals surface area (Å²) in [5.41, 5.74) is 1.22. The van der Waals surface area contributed by atoms with Gasteiger partial charge >= 0.3 is 0 Å². The van der Waals surface area contributed by atoms with Crippen LogP contribution in [0.3, 0.4) is 0 Å². The molecule has 1 N–H and O–H groups in total. The number of hydrogen-bond donors (Lipinski definition) is 1. The average Bonchev–Trinajstić information content (AvgIpc) is 2.45. The van der Waals surface area contributed by atoms with E-state index in [4.69, 9.17) is 9.47 Å². The molecule has 2 rings (SSSR count). The van der Waals surface area contributed by atoms with E-state index in [1.54, 1.807) is 7.11 Å². The fraction of sp³-hybridized carbons (Fsp3) is 0.600. The molecule has 19 heavy (non-hydrogen) atoms. The molecule has 4 heteroatoms. The van der Waals surface area contributed by atoms with Gasteiger partial charge in [-0.1, -0.05) is 0 Å². The highest BCUT2D eigenvalue weighted by Crippen LogP contribution is 2.35. The first-order valence-corrected chi connectivity index (χ1v) is 8.19. The molecule has 0 bridgehead atoms. The number of benzene rings is 1. The molecule has 1 aliphatic heterocycles. The van der Waals surface area contributed by atoms with Crippen molar-refractivity contribution in [3.63, 3.8) is 0 Å². The van der Waals surface area contributed by atoms with E-state index in [0.717, 1.165) is 24.5 Å². The predicted octanol–water partition coefficient (Wildman–Crippen LogP) is 3.25. The highest BCUT2D eigenvalue weighted by Gasteiger charge is 2.23. The fourth-order valence-electron chi connectivity index (χ4n) is 2.39. The molecule has 0 fully saturated rings. The Hall–Kier alpha value is -0.870. The highest BCUT2D eigenvalue weighted by atomic mass is 32.2. The van der Waals surface area contributed by atoms with E-state index in [2.05, 4.69) is 24.6 Å². The van der Waals surface area contributed by atoms with Crippen LogP contribution >= 0.6 is 11.8 Å². The summed E-state index contributed by atoms with van der Waals surface area (Å²) in [6.45, 7) is 3.04. The second-order valence-electron chi connectivity index (χ2n) is 4.94. The molecule has 1 aromatic rings. The molecule has 2 atom stereocenters.